The molecule has 4 nitrogen and oxygen atoms in total. The van der Waals surface area contributed by atoms with E-state index in [4.69, 9.17) is 4.74 Å². The number of nitrogens with one attached hydrogen (secondary N) is 2. The van der Waals surface area contributed by atoms with Crippen LogP contribution in [0.3, 0.4) is 0 Å². The minimum atomic E-state index is 0.690. The summed E-state index contributed by atoms with van der Waals surface area (Å²) in [5, 5.41) is 3.09. The molecule has 0 saturated heterocycles. The van der Waals surface area contributed by atoms with Crippen molar-refractivity contribution >= 4 is 0 Å². The second kappa shape index (κ2) is 5.89. The van der Waals surface area contributed by atoms with Crippen molar-refractivity contribution in [1.82, 2.24) is 15.3 Å². The summed E-state index contributed by atoms with van der Waals surface area (Å²) in [5.41, 5.74) is 4.56. The molecule has 1 aromatic carbocycles. The molecule has 0 atom stereocenters. The summed E-state index contributed by atoms with van der Waals surface area (Å²) in [6, 6.07) is 4.24. The topological polar surface area (TPSA) is 49.9 Å². The molecule has 4 heteroatoms. The summed E-state index contributed by atoms with van der Waals surface area (Å²) >= 11 is 0. The zero-order valence-corrected chi connectivity index (χ0v) is 12.0. The molecule has 0 bridgehead atoms. The SMILES string of the molecule is CCOc1cc(C)c(-c2cnc(CNC)[nH]2)cc1C. The van der Waals surface area contributed by atoms with E-state index in [0.717, 1.165) is 29.4 Å². The number of nitrogens with zero attached hydrogens (tertiary/aromatic N) is 1. The van der Waals surface area contributed by atoms with Crippen LogP contribution >= 0.6 is 0 Å². The van der Waals surface area contributed by atoms with Gasteiger partial charge in [0.25, 0.3) is 0 Å². The normalized spacial score (nSPS) is 10.7. The molecule has 0 fully saturated rings. The first-order valence-electron chi connectivity index (χ1n) is 6.58. The van der Waals surface area contributed by atoms with Crippen LogP contribution in [0.25, 0.3) is 11.3 Å². The van der Waals surface area contributed by atoms with Gasteiger partial charge < -0.3 is 15.0 Å². The quantitative estimate of drug-likeness (QED) is 0.868. The van der Waals surface area contributed by atoms with Crippen LogP contribution in [-0.2, 0) is 6.54 Å². The maximum atomic E-state index is 5.62. The van der Waals surface area contributed by atoms with Crippen molar-refractivity contribution in [3.8, 4) is 17.0 Å². The lowest BCUT2D eigenvalue weighted by atomic mass is 10.0. The lowest BCUT2D eigenvalue weighted by Crippen LogP contribution is -2.06. The van der Waals surface area contributed by atoms with Gasteiger partial charge in [-0.3, -0.25) is 0 Å². The lowest BCUT2D eigenvalue weighted by Gasteiger charge is -2.11. The molecule has 1 heterocycles. The van der Waals surface area contributed by atoms with Gasteiger partial charge in [-0.2, -0.15) is 0 Å². The second-order valence-corrected chi connectivity index (χ2v) is 4.64. The van der Waals surface area contributed by atoms with E-state index in [9.17, 15) is 0 Å². The number of aryl methyl sites for hydroxylation is 2. The van der Waals surface area contributed by atoms with Crippen molar-refractivity contribution in [3.63, 3.8) is 0 Å². The minimum Gasteiger partial charge on any atom is -0.494 e. The molecule has 0 radical (unpaired) electrons. The first kappa shape index (κ1) is 13.6. The van der Waals surface area contributed by atoms with E-state index in [1.54, 1.807) is 0 Å². The lowest BCUT2D eigenvalue weighted by molar-refractivity contribution is 0.337. The summed E-state index contributed by atoms with van der Waals surface area (Å²) in [4.78, 5) is 7.70. The first-order valence-corrected chi connectivity index (χ1v) is 6.58. The number of ether oxygens (including phenoxy) is 1. The molecule has 102 valence electrons. The van der Waals surface area contributed by atoms with Crippen LogP contribution in [0.5, 0.6) is 5.75 Å². The average Bonchev–Trinajstić information content (AvgIpc) is 2.82. The van der Waals surface area contributed by atoms with E-state index in [-0.39, 0.29) is 0 Å². The summed E-state index contributed by atoms with van der Waals surface area (Å²) in [7, 11) is 1.91. The van der Waals surface area contributed by atoms with Gasteiger partial charge in [-0.05, 0) is 51.1 Å². The maximum absolute atomic E-state index is 5.62. The van der Waals surface area contributed by atoms with Gasteiger partial charge in [0.05, 0.1) is 25.0 Å². The summed E-state index contributed by atoms with van der Waals surface area (Å²) < 4.78 is 5.62. The van der Waals surface area contributed by atoms with Crippen LogP contribution in [0.1, 0.15) is 23.9 Å². The molecule has 0 saturated carbocycles. The fourth-order valence-electron chi connectivity index (χ4n) is 2.15. The number of aromatic amines is 1. The fourth-order valence-corrected chi connectivity index (χ4v) is 2.15. The number of rotatable bonds is 5. The van der Waals surface area contributed by atoms with E-state index in [0.29, 0.717) is 6.61 Å². The van der Waals surface area contributed by atoms with Gasteiger partial charge in [-0.1, -0.05) is 0 Å². The Bertz CT molecular complexity index is 561. The van der Waals surface area contributed by atoms with Gasteiger partial charge >= 0.3 is 0 Å². The number of imidazole rings is 1. The highest BCUT2D eigenvalue weighted by atomic mass is 16.5. The molecular formula is C15H21N3O. The number of H-pyrrole nitrogens is 1. The first-order chi connectivity index (χ1) is 9.15. The minimum absolute atomic E-state index is 0.690. The number of hydrogen-bond acceptors (Lipinski definition) is 3. The molecule has 2 N–H and O–H groups in total. The molecular weight excluding hydrogens is 238 g/mol. The van der Waals surface area contributed by atoms with Gasteiger partial charge in [-0.25, -0.2) is 4.98 Å². The molecule has 0 unspecified atom stereocenters. The Labute approximate surface area is 114 Å². The Balaban J connectivity index is 2.36. The third-order valence-corrected chi connectivity index (χ3v) is 3.08. The molecule has 0 spiro atoms. The van der Waals surface area contributed by atoms with Crippen LogP contribution in [0, 0.1) is 13.8 Å². The largest absolute Gasteiger partial charge is 0.494 e. The molecule has 0 aliphatic heterocycles. The fraction of sp³-hybridized carbons (Fsp3) is 0.400. The molecule has 1 aromatic heterocycles. The number of aromatic nitrogens is 2. The average molecular weight is 259 g/mol. The monoisotopic (exact) mass is 259 g/mol. The van der Waals surface area contributed by atoms with Crippen LogP contribution in [0.2, 0.25) is 0 Å². The van der Waals surface area contributed by atoms with Crippen LogP contribution < -0.4 is 10.1 Å². The zero-order valence-electron chi connectivity index (χ0n) is 12.0. The highest BCUT2D eigenvalue weighted by molar-refractivity contribution is 5.66. The van der Waals surface area contributed by atoms with Crippen molar-refractivity contribution in [3.05, 3.63) is 35.3 Å². The summed E-state index contributed by atoms with van der Waals surface area (Å²) in [6.07, 6.45) is 1.88. The van der Waals surface area contributed by atoms with Crippen molar-refractivity contribution in [2.45, 2.75) is 27.3 Å². The maximum Gasteiger partial charge on any atom is 0.122 e. The zero-order chi connectivity index (χ0) is 13.8. The van der Waals surface area contributed by atoms with E-state index >= 15 is 0 Å². The number of benzene rings is 1. The Morgan fingerprint density at radius 2 is 2.05 bits per heavy atom. The Morgan fingerprint density at radius 3 is 2.74 bits per heavy atom. The van der Waals surface area contributed by atoms with Crippen molar-refractivity contribution < 1.29 is 4.74 Å². The Kier molecular flexibility index (Phi) is 4.22. The highest BCUT2D eigenvalue weighted by Gasteiger charge is 2.09. The van der Waals surface area contributed by atoms with Gasteiger partial charge in [0, 0.05) is 5.56 Å². The van der Waals surface area contributed by atoms with Crippen molar-refractivity contribution in [2.24, 2.45) is 0 Å². The Morgan fingerprint density at radius 1 is 1.26 bits per heavy atom. The van der Waals surface area contributed by atoms with E-state index in [1.165, 1.54) is 11.1 Å². The second-order valence-electron chi connectivity index (χ2n) is 4.64. The third-order valence-electron chi connectivity index (χ3n) is 3.08. The van der Waals surface area contributed by atoms with Crippen molar-refractivity contribution in [1.29, 1.82) is 0 Å². The van der Waals surface area contributed by atoms with Crippen LogP contribution in [-0.4, -0.2) is 23.6 Å². The smallest absolute Gasteiger partial charge is 0.122 e. The molecule has 19 heavy (non-hydrogen) atoms. The molecule has 0 aliphatic rings. The standard InChI is InChI=1S/C15H21N3O/c1-5-19-14-7-10(2)12(6-11(14)3)13-8-17-15(18-13)9-16-4/h6-8,16H,5,9H2,1-4H3,(H,17,18). The third kappa shape index (κ3) is 2.96. The molecule has 0 aliphatic carbocycles. The van der Waals surface area contributed by atoms with Crippen molar-refractivity contribution in [2.75, 3.05) is 13.7 Å². The predicted molar refractivity (Wildman–Crippen MR) is 77.4 cm³/mol. The van der Waals surface area contributed by atoms with Gasteiger partial charge in [0.15, 0.2) is 0 Å². The van der Waals surface area contributed by atoms with Gasteiger partial charge in [0.1, 0.15) is 11.6 Å². The Hall–Kier alpha value is -1.81. The predicted octanol–water partition coefficient (Wildman–Crippen LogP) is 2.81. The molecule has 2 rings (SSSR count). The van der Waals surface area contributed by atoms with E-state index in [2.05, 4.69) is 41.3 Å². The number of hydrogen-bond donors (Lipinski definition) is 2. The van der Waals surface area contributed by atoms with E-state index in [1.807, 2.05) is 20.2 Å². The van der Waals surface area contributed by atoms with Crippen LogP contribution in [0.15, 0.2) is 18.3 Å². The van der Waals surface area contributed by atoms with E-state index < -0.39 is 0 Å². The van der Waals surface area contributed by atoms with Gasteiger partial charge in [-0.15, -0.1) is 0 Å². The summed E-state index contributed by atoms with van der Waals surface area (Å²) in [6.45, 7) is 7.60. The molecule has 0 amide bonds. The summed E-state index contributed by atoms with van der Waals surface area (Å²) in [5.74, 6) is 1.90. The molecule has 2 aromatic rings. The highest BCUT2D eigenvalue weighted by Crippen LogP contribution is 2.29. The van der Waals surface area contributed by atoms with Gasteiger partial charge in [0.2, 0.25) is 0 Å². The van der Waals surface area contributed by atoms with Crippen LogP contribution in [0.4, 0.5) is 0 Å².